The summed E-state index contributed by atoms with van der Waals surface area (Å²) in [5.41, 5.74) is 3.95. The average Bonchev–Trinajstić information content (AvgIpc) is 2.81. The molecule has 1 aromatic heterocycles. The third-order valence-corrected chi connectivity index (χ3v) is 4.05. The molecule has 0 amide bonds. The number of rotatable bonds is 8. The van der Waals surface area contributed by atoms with Gasteiger partial charge in [-0.15, -0.1) is 0 Å². The van der Waals surface area contributed by atoms with E-state index in [9.17, 15) is 0 Å². The van der Waals surface area contributed by atoms with Crippen molar-refractivity contribution in [3.63, 3.8) is 0 Å². The number of methoxy groups -OCH3 is 1. The second kappa shape index (κ2) is 6.87. The monoisotopic (exact) mass is 254 g/mol. The lowest BCUT2D eigenvalue weighted by Crippen LogP contribution is -2.54. The molecule has 0 saturated carbocycles. The van der Waals surface area contributed by atoms with Gasteiger partial charge in [0.15, 0.2) is 0 Å². The Morgan fingerprint density at radius 2 is 2.17 bits per heavy atom. The van der Waals surface area contributed by atoms with Crippen molar-refractivity contribution >= 4 is 0 Å². The number of ether oxygens (including phenoxy) is 1. The summed E-state index contributed by atoms with van der Waals surface area (Å²) in [4.78, 5) is 0. The lowest BCUT2D eigenvalue weighted by atomic mass is 9.85. The quantitative estimate of drug-likeness (QED) is 0.543. The van der Waals surface area contributed by atoms with E-state index in [1.54, 1.807) is 7.11 Å². The van der Waals surface area contributed by atoms with Crippen LogP contribution in [0.1, 0.15) is 38.8 Å². The van der Waals surface area contributed by atoms with Crippen LogP contribution in [-0.4, -0.2) is 28.5 Å². The molecule has 1 rings (SSSR count). The van der Waals surface area contributed by atoms with E-state index in [0.717, 1.165) is 25.7 Å². The summed E-state index contributed by atoms with van der Waals surface area (Å²) < 4.78 is 7.63. The molecule has 3 N–H and O–H groups in total. The van der Waals surface area contributed by atoms with Gasteiger partial charge in [-0.05, 0) is 31.7 Å². The van der Waals surface area contributed by atoms with Gasteiger partial charge in [0.2, 0.25) is 0 Å². The van der Waals surface area contributed by atoms with Gasteiger partial charge in [0.1, 0.15) is 0 Å². The first-order valence-corrected chi connectivity index (χ1v) is 6.61. The topological polar surface area (TPSA) is 65.1 Å². The minimum Gasteiger partial charge on any atom is -0.377 e. The summed E-state index contributed by atoms with van der Waals surface area (Å²) in [5.74, 6) is 5.71. The van der Waals surface area contributed by atoms with Gasteiger partial charge in [-0.2, -0.15) is 5.10 Å². The second-order valence-corrected chi connectivity index (χ2v) is 4.68. The van der Waals surface area contributed by atoms with Crippen LogP contribution in [0.2, 0.25) is 0 Å². The fraction of sp³-hybridized carbons (Fsp3) is 0.769. The van der Waals surface area contributed by atoms with E-state index in [4.69, 9.17) is 10.6 Å². The van der Waals surface area contributed by atoms with Crippen molar-refractivity contribution in [3.05, 3.63) is 18.0 Å². The van der Waals surface area contributed by atoms with Crippen LogP contribution < -0.4 is 11.3 Å². The number of nitrogens with two attached hydrogens (primary N) is 1. The normalized spacial score (nSPS) is 13.8. The van der Waals surface area contributed by atoms with Gasteiger partial charge in [-0.3, -0.25) is 16.0 Å². The van der Waals surface area contributed by atoms with E-state index in [2.05, 4.69) is 24.4 Å². The predicted octanol–water partition coefficient (Wildman–Crippen LogP) is 1.39. The van der Waals surface area contributed by atoms with Crippen molar-refractivity contribution in [2.24, 2.45) is 12.9 Å². The highest BCUT2D eigenvalue weighted by Crippen LogP contribution is 2.26. The Balaban J connectivity index is 2.69. The van der Waals surface area contributed by atoms with E-state index < -0.39 is 0 Å². The van der Waals surface area contributed by atoms with Gasteiger partial charge in [0, 0.05) is 26.0 Å². The molecule has 1 atom stereocenters. The highest BCUT2D eigenvalue weighted by Gasteiger charge is 2.34. The lowest BCUT2D eigenvalue weighted by molar-refractivity contribution is -0.0494. The molecule has 0 bridgehead atoms. The van der Waals surface area contributed by atoms with E-state index >= 15 is 0 Å². The van der Waals surface area contributed by atoms with Crippen LogP contribution in [0.4, 0.5) is 0 Å². The fourth-order valence-corrected chi connectivity index (χ4v) is 2.61. The number of aromatic nitrogens is 2. The molecule has 0 fully saturated rings. The summed E-state index contributed by atoms with van der Waals surface area (Å²) in [7, 11) is 3.73. The molecule has 0 aliphatic rings. The molecule has 0 aliphatic carbocycles. The molecule has 104 valence electrons. The zero-order valence-electron chi connectivity index (χ0n) is 11.9. The van der Waals surface area contributed by atoms with Crippen molar-refractivity contribution in [2.45, 2.75) is 51.2 Å². The van der Waals surface area contributed by atoms with Gasteiger partial charge in [-0.25, -0.2) is 0 Å². The van der Waals surface area contributed by atoms with Crippen LogP contribution in [0.15, 0.2) is 12.3 Å². The maximum Gasteiger partial charge on any atom is 0.0839 e. The second-order valence-electron chi connectivity index (χ2n) is 4.68. The van der Waals surface area contributed by atoms with Crippen LogP contribution >= 0.6 is 0 Å². The molecule has 0 aliphatic heterocycles. The summed E-state index contributed by atoms with van der Waals surface area (Å²) in [6.45, 7) is 4.28. The summed E-state index contributed by atoms with van der Waals surface area (Å²) in [6.07, 6.45) is 5.59. The van der Waals surface area contributed by atoms with E-state index in [1.165, 1.54) is 5.69 Å². The molecule has 5 heteroatoms. The number of nitrogens with one attached hydrogen (secondary N) is 1. The molecule has 0 radical (unpaired) electrons. The number of nitrogens with zero attached hydrogens (tertiary/aromatic N) is 2. The van der Waals surface area contributed by atoms with E-state index in [1.807, 2.05) is 24.0 Å². The highest BCUT2D eigenvalue weighted by atomic mass is 16.5. The smallest absolute Gasteiger partial charge is 0.0839 e. The zero-order chi connectivity index (χ0) is 13.6. The first kappa shape index (κ1) is 15.1. The van der Waals surface area contributed by atoms with Crippen LogP contribution in [0.3, 0.4) is 0 Å². The molecular formula is C13H26N4O. The molecule has 0 aromatic carbocycles. The molecule has 1 unspecified atom stereocenters. The number of hydrogen-bond donors (Lipinski definition) is 2. The molecule has 18 heavy (non-hydrogen) atoms. The van der Waals surface area contributed by atoms with Crippen molar-refractivity contribution in [3.8, 4) is 0 Å². The van der Waals surface area contributed by atoms with Gasteiger partial charge < -0.3 is 4.74 Å². The minimum atomic E-state index is -0.187. The zero-order valence-corrected chi connectivity index (χ0v) is 11.9. The fourth-order valence-electron chi connectivity index (χ4n) is 2.61. The SMILES string of the molecule is CCC(CC)(OC)C(CCc1ccnn1C)NN. The molecule has 0 spiro atoms. The van der Waals surface area contributed by atoms with Gasteiger partial charge in [0.25, 0.3) is 0 Å². The Morgan fingerprint density at radius 1 is 1.50 bits per heavy atom. The van der Waals surface area contributed by atoms with Crippen LogP contribution in [0.5, 0.6) is 0 Å². The molecule has 1 heterocycles. The Labute approximate surface area is 110 Å². The van der Waals surface area contributed by atoms with Crippen LogP contribution in [0, 0.1) is 0 Å². The van der Waals surface area contributed by atoms with Crippen molar-refractivity contribution in [2.75, 3.05) is 7.11 Å². The Bertz CT molecular complexity index is 338. The molecule has 1 aromatic rings. The maximum atomic E-state index is 5.72. The predicted molar refractivity (Wildman–Crippen MR) is 73.0 cm³/mol. The summed E-state index contributed by atoms with van der Waals surface area (Å²) in [6, 6.07) is 2.19. The first-order valence-electron chi connectivity index (χ1n) is 6.61. The Kier molecular flexibility index (Phi) is 5.78. The average molecular weight is 254 g/mol. The van der Waals surface area contributed by atoms with Crippen molar-refractivity contribution < 1.29 is 4.74 Å². The largest absolute Gasteiger partial charge is 0.377 e. The lowest BCUT2D eigenvalue weighted by Gasteiger charge is -2.38. The summed E-state index contributed by atoms with van der Waals surface area (Å²) in [5, 5.41) is 4.18. The first-order chi connectivity index (χ1) is 8.63. The molecule has 5 nitrogen and oxygen atoms in total. The van der Waals surface area contributed by atoms with E-state index in [0.29, 0.717) is 0 Å². The number of aryl methyl sites for hydroxylation is 2. The Morgan fingerprint density at radius 3 is 2.56 bits per heavy atom. The van der Waals surface area contributed by atoms with Crippen LogP contribution in [-0.2, 0) is 18.2 Å². The third-order valence-electron chi connectivity index (χ3n) is 4.05. The third kappa shape index (κ3) is 3.10. The molecule has 0 saturated heterocycles. The standard InChI is InChI=1S/C13H26N4O/c1-5-13(6-2,18-4)12(16-14)8-7-11-9-10-15-17(11)3/h9-10,12,16H,5-8,14H2,1-4H3. The molecular weight excluding hydrogens is 228 g/mol. The maximum absolute atomic E-state index is 5.72. The van der Waals surface area contributed by atoms with Gasteiger partial charge in [0.05, 0.1) is 11.6 Å². The highest BCUT2D eigenvalue weighted by molar-refractivity contribution is 5.02. The van der Waals surface area contributed by atoms with Crippen molar-refractivity contribution in [1.29, 1.82) is 0 Å². The van der Waals surface area contributed by atoms with Gasteiger partial charge in [-0.1, -0.05) is 13.8 Å². The summed E-state index contributed by atoms with van der Waals surface area (Å²) >= 11 is 0. The van der Waals surface area contributed by atoms with Crippen molar-refractivity contribution in [1.82, 2.24) is 15.2 Å². The minimum absolute atomic E-state index is 0.146. The van der Waals surface area contributed by atoms with Crippen LogP contribution in [0.25, 0.3) is 0 Å². The van der Waals surface area contributed by atoms with Gasteiger partial charge >= 0.3 is 0 Å². The Hall–Kier alpha value is -0.910. The number of hydrazine groups is 1. The number of hydrogen-bond acceptors (Lipinski definition) is 4. The van der Waals surface area contributed by atoms with E-state index in [-0.39, 0.29) is 11.6 Å².